The molecule has 1 aliphatic rings. The molecule has 1 fully saturated rings. The van der Waals surface area contributed by atoms with E-state index >= 15 is 0 Å². The maximum Gasteiger partial charge on any atom is 0.245 e. The highest BCUT2D eigenvalue weighted by Crippen LogP contribution is 2.24. The third-order valence-corrected chi connectivity index (χ3v) is 4.20. The number of ether oxygens (including phenoxy) is 1. The highest BCUT2D eigenvalue weighted by atomic mass is 16.5. The Balaban J connectivity index is 1.53. The summed E-state index contributed by atoms with van der Waals surface area (Å²) in [5, 5.41) is 3.99. The highest BCUT2D eigenvalue weighted by molar-refractivity contribution is 6.00. The fourth-order valence-electron chi connectivity index (χ4n) is 2.81. The van der Waals surface area contributed by atoms with Gasteiger partial charge in [-0.2, -0.15) is 5.10 Å². The van der Waals surface area contributed by atoms with Gasteiger partial charge in [-0.1, -0.05) is 30.9 Å². The summed E-state index contributed by atoms with van der Waals surface area (Å²) in [5.74, 6) is 0.00972. The molecule has 1 saturated heterocycles. The number of nitrogens with zero attached hydrogens (tertiary/aromatic N) is 2. The van der Waals surface area contributed by atoms with E-state index in [1.807, 2.05) is 54.6 Å². The van der Waals surface area contributed by atoms with E-state index in [0.717, 1.165) is 17.0 Å². The van der Waals surface area contributed by atoms with Gasteiger partial charge in [0.25, 0.3) is 0 Å². The lowest BCUT2D eigenvalue weighted by Crippen LogP contribution is -2.30. The molecule has 0 unspecified atom stereocenters. The summed E-state index contributed by atoms with van der Waals surface area (Å²) in [4.78, 5) is 26.1. The zero-order valence-electron chi connectivity index (χ0n) is 14.9. The molecule has 3 rings (SSSR count). The van der Waals surface area contributed by atoms with Gasteiger partial charge in [0.2, 0.25) is 11.8 Å². The van der Waals surface area contributed by atoms with E-state index in [1.54, 1.807) is 17.2 Å². The molecule has 2 aromatic carbocycles. The predicted molar refractivity (Wildman–Crippen MR) is 105 cm³/mol. The zero-order valence-corrected chi connectivity index (χ0v) is 14.9. The minimum atomic E-state index is -0.412. The maximum atomic E-state index is 12.3. The highest BCUT2D eigenvalue weighted by Gasteiger charge is 2.34. The summed E-state index contributed by atoms with van der Waals surface area (Å²) >= 11 is 0. The molecule has 138 valence electrons. The minimum Gasteiger partial charge on any atom is -0.490 e. The van der Waals surface area contributed by atoms with Crippen molar-refractivity contribution in [2.45, 2.75) is 6.42 Å². The molecule has 1 heterocycles. The molecule has 0 bridgehead atoms. The first-order valence-corrected chi connectivity index (χ1v) is 8.69. The summed E-state index contributed by atoms with van der Waals surface area (Å²) in [6.07, 6.45) is 3.42. The molecule has 0 saturated carbocycles. The first-order valence-electron chi connectivity index (χ1n) is 8.69. The van der Waals surface area contributed by atoms with E-state index in [1.165, 1.54) is 0 Å². The molecule has 1 aliphatic heterocycles. The lowest BCUT2D eigenvalue weighted by Gasteiger charge is -2.16. The molecule has 2 aromatic rings. The normalized spacial score (nSPS) is 16.5. The van der Waals surface area contributed by atoms with Crippen LogP contribution in [-0.4, -0.2) is 31.2 Å². The van der Waals surface area contributed by atoms with Crippen molar-refractivity contribution < 1.29 is 14.3 Å². The Morgan fingerprint density at radius 1 is 1.22 bits per heavy atom. The molecule has 1 N–H and O–H groups in total. The van der Waals surface area contributed by atoms with Crippen molar-refractivity contribution in [1.82, 2.24) is 5.43 Å². The number of para-hydroxylation sites is 1. The Hall–Kier alpha value is -3.41. The van der Waals surface area contributed by atoms with Crippen LogP contribution < -0.4 is 15.1 Å². The van der Waals surface area contributed by atoms with Crippen LogP contribution in [0.3, 0.4) is 0 Å². The molecular formula is C21H21N3O3. The number of carbonyl (C=O) groups is 2. The van der Waals surface area contributed by atoms with Crippen molar-refractivity contribution in [3.63, 3.8) is 0 Å². The number of amides is 2. The van der Waals surface area contributed by atoms with Gasteiger partial charge in [-0.05, 0) is 42.0 Å². The second-order valence-electron chi connectivity index (χ2n) is 6.14. The predicted octanol–water partition coefficient (Wildman–Crippen LogP) is 2.75. The Bertz CT molecular complexity index is 832. The topological polar surface area (TPSA) is 71.0 Å². The van der Waals surface area contributed by atoms with Gasteiger partial charge in [-0.3, -0.25) is 9.59 Å². The molecule has 0 spiro atoms. The molecule has 1 atom stereocenters. The third-order valence-electron chi connectivity index (χ3n) is 4.20. The second-order valence-corrected chi connectivity index (χ2v) is 6.14. The first-order chi connectivity index (χ1) is 13.2. The van der Waals surface area contributed by atoms with Gasteiger partial charge in [0, 0.05) is 18.7 Å². The number of hydrogen-bond acceptors (Lipinski definition) is 4. The third kappa shape index (κ3) is 4.82. The molecular weight excluding hydrogens is 342 g/mol. The quantitative estimate of drug-likeness (QED) is 0.467. The van der Waals surface area contributed by atoms with Crippen molar-refractivity contribution in [3.05, 3.63) is 72.8 Å². The second kappa shape index (κ2) is 8.80. The molecule has 0 aliphatic carbocycles. The average Bonchev–Trinajstić information content (AvgIpc) is 3.10. The molecule has 0 aromatic heterocycles. The number of anilines is 1. The van der Waals surface area contributed by atoms with Gasteiger partial charge < -0.3 is 9.64 Å². The van der Waals surface area contributed by atoms with Gasteiger partial charge in [0.1, 0.15) is 12.4 Å². The van der Waals surface area contributed by atoms with E-state index < -0.39 is 5.92 Å². The lowest BCUT2D eigenvalue weighted by molar-refractivity contribution is -0.126. The lowest BCUT2D eigenvalue weighted by atomic mass is 10.1. The van der Waals surface area contributed by atoms with Crippen molar-refractivity contribution in [2.75, 3.05) is 18.1 Å². The number of benzene rings is 2. The molecule has 0 radical (unpaired) electrons. The van der Waals surface area contributed by atoms with E-state index in [0.29, 0.717) is 13.2 Å². The summed E-state index contributed by atoms with van der Waals surface area (Å²) in [5.41, 5.74) is 4.16. The van der Waals surface area contributed by atoms with Crippen molar-refractivity contribution >= 4 is 23.7 Å². The average molecular weight is 363 g/mol. The van der Waals surface area contributed by atoms with Crippen LogP contribution in [0.15, 0.2) is 72.4 Å². The van der Waals surface area contributed by atoms with Gasteiger partial charge in [0.15, 0.2) is 0 Å². The zero-order chi connectivity index (χ0) is 19.1. The minimum absolute atomic E-state index is 0.0551. The molecule has 27 heavy (non-hydrogen) atoms. The first kappa shape index (κ1) is 18.4. The monoisotopic (exact) mass is 363 g/mol. The van der Waals surface area contributed by atoms with Gasteiger partial charge in [-0.15, -0.1) is 0 Å². The van der Waals surface area contributed by atoms with Crippen LogP contribution in [0.2, 0.25) is 0 Å². The number of carbonyl (C=O) groups excluding carboxylic acids is 2. The van der Waals surface area contributed by atoms with Gasteiger partial charge in [0.05, 0.1) is 12.1 Å². The largest absolute Gasteiger partial charge is 0.490 e. The maximum absolute atomic E-state index is 12.3. The number of rotatable bonds is 7. The summed E-state index contributed by atoms with van der Waals surface area (Å²) in [6.45, 7) is 4.41. The Morgan fingerprint density at radius 2 is 1.96 bits per heavy atom. The van der Waals surface area contributed by atoms with Crippen molar-refractivity contribution in [1.29, 1.82) is 0 Å². The Morgan fingerprint density at radius 3 is 2.67 bits per heavy atom. The van der Waals surface area contributed by atoms with Crippen LogP contribution in [0.4, 0.5) is 5.69 Å². The van der Waals surface area contributed by atoms with Crippen molar-refractivity contribution in [2.24, 2.45) is 11.0 Å². The smallest absolute Gasteiger partial charge is 0.245 e. The number of hydrogen-bond donors (Lipinski definition) is 1. The Kier molecular flexibility index (Phi) is 5.99. The van der Waals surface area contributed by atoms with E-state index in [-0.39, 0.29) is 18.2 Å². The number of hydrazone groups is 1. The summed E-state index contributed by atoms with van der Waals surface area (Å²) in [7, 11) is 0. The van der Waals surface area contributed by atoms with Crippen molar-refractivity contribution in [3.8, 4) is 5.75 Å². The Labute approximate surface area is 158 Å². The van der Waals surface area contributed by atoms with E-state index in [2.05, 4.69) is 17.1 Å². The van der Waals surface area contributed by atoms with Crippen LogP contribution in [0.25, 0.3) is 0 Å². The van der Waals surface area contributed by atoms with E-state index in [4.69, 9.17) is 4.74 Å². The van der Waals surface area contributed by atoms with Gasteiger partial charge in [-0.25, -0.2) is 5.43 Å². The van der Waals surface area contributed by atoms with Crippen LogP contribution in [0.1, 0.15) is 12.0 Å². The summed E-state index contributed by atoms with van der Waals surface area (Å²) < 4.78 is 5.41. The number of nitrogens with one attached hydrogen (secondary N) is 1. The fourth-order valence-corrected chi connectivity index (χ4v) is 2.81. The SMILES string of the molecule is C=CCOc1ccc(/C=N\NC(=O)[C@H]2CC(=O)N(c3ccccc3)C2)cc1. The van der Waals surface area contributed by atoms with E-state index in [9.17, 15) is 9.59 Å². The summed E-state index contributed by atoms with van der Waals surface area (Å²) in [6, 6.07) is 16.7. The fraction of sp³-hybridized carbons (Fsp3) is 0.190. The van der Waals surface area contributed by atoms with Crippen LogP contribution in [0.5, 0.6) is 5.75 Å². The van der Waals surface area contributed by atoms with Crippen LogP contribution in [0, 0.1) is 5.92 Å². The van der Waals surface area contributed by atoms with Crippen LogP contribution >= 0.6 is 0 Å². The van der Waals surface area contributed by atoms with Gasteiger partial charge >= 0.3 is 0 Å². The standard InChI is InChI=1S/C21H21N3O3/c1-2-12-27-19-10-8-16(9-11-19)14-22-23-21(26)17-13-20(25)24(15-17)18-6-4-3-5-7-18/h2-11,14,17H,1,12-13,15H2,(H,23,26)/b22-14-/t17-/m0/s1. The van der Waals surface area contributed by atoms with Crippen LogP contribution in [-0.2, 0) is 9.59 Å². The molecule has 6 heteroatoms. The molecule has 2 amide bonds. The molecule has 6 nitrogen and oxygen atoms in total.